The number of halogens is 1. The van der Waals surface area contributed by atoms with E-state index in [9.17, 15) is 17.6 Å². The minimum atomic E-state index is -3.65. The van der Waals surface area contributed by atoms with Crippen LogP contribution in [0.2, 0.25) is 0 Å². The first-order valence-corrected chi connectivity index (χ1v) is 11.1. The number of fused-ring (bicyclic) bond motifs is 1. The molecule has 1 N–H and O–H groups in total. The molecule has 2 aromatic carbocycles. The van der Waals surface area contributed by atoms with Crippen LogP contribution >= 0.6 is 0 Å². The average molecular weight is 413 g/mol. The molecule has 0 aliphatic heterocycles. The fourth-order valence-corrected chi connectivity index (χ4v) is 5.03. The summed E-state index contributed by atoms with van der Waals surface area (Å²) in [6.45, 7) is 0. The molecule has 1 atom stereocenters. The van der Waals surface area contributed by atoms with Crippen LogP contribution in [-0.2, 0) is 27.8 Å². The first-order chi connectivity index (χ1) is 13.9. The van der Waals surface area contributed by atoms with E-state index >= 15 is 0 Å². The van der Waals surface area contributed by atoms with Gasteiger partial charge in [0.25, 0.3) is 5.91 Å². The maximum Gasteiger partial charge on any atom is 0.287 e. The van der Waals surface area contributed by atoms with Crippen molar-refractivity contribution in [1.82, 2.24) is 5.32 Å². The van der Waals surface area contributed by atoms with Crippen LogP contribution in [0.3, 0.4) is 0 Å². The SMILES string of the molecule is O=C(NC1CCc2ccccc21)c1ccc(CS(=O)(=O)Cc2ccccc2F)o1. The number of hydrogen-bond acceptors (Lipinski definition) is 4. The van der Waals surface area contributed by atoms with Gasteiger partial charge in [0.1, 0.15) is 17.3 Å². The molecule has 1 aliphatic rings. The standard InChI is InChI=1S/C22H20FNO4S/c23-19-8-4-2-6-16(19)13-29(26,27)14-17-10-12-21(28-17)22(25)24-20-11-9-15-5-1-3-7-18(15)20/h1-8,10,12,20H,9,11,13-14H2,(H,24,25). The molecule has 29 heavy (non-hydrogen) atoms. The Labute approximate surface area is 168 Å². The summed E-state index contributed by atoms with van der Waals surface area (Å²) in [5.41, 5.74) is 2.43. The number of rotatable bonds is 6. The summed E-state index contributed by atoms with van der Waals surface area (Å²) < 4.78 is 44.0. The number of aryl methyl sites for hydroxylation is 1. The first-order valence-electron chi connectivity index (χ1n) is 9.32. The maximum atomic E-state index is 13.7. The third-order valence-electron chi connectivity index (χ3n) is 5.02. The Morgan fingerprint density at radius 1 is 1.03 bits per heavy atom. The molecule has 5 nitrogen and oxygen atoms in total. The second kappa shape index (κ2) is 7.83. The number of benzene rings is 2. The number of carbonyl (C=O) groups excluding carboxylic acids is 1. The molecule has 0 saturated carbocycles. The van der Waals surface area contributed by atoms with Crippen LogP contribution in [-0.4, -0.2) is 14.3 Å². The normalized spacial score (nSPS) is 15.8. The zero-order valence-corrected chi connectivity index (χ0v) is 16.4. The molecule has 1 aromatic heterocycles. The number of nitrogens with one attached hydrogen (secondary N) is 1. The smallest absolute Gasteiger partial charge is 0.287 e. The van der Waals surface area contributed by atoms with Crippen LogP contribution in [0, 0.1) is 5.82 Å². The first kappa shape index (κ1) is 19.4. The molecule has 0 radical (unpaired) electrons. The molecule has 1 heterocycles. The summed E-state index contributed by atoms with van der Waals surface area (Å²) in [5, 5.41) is 2.94. The molecule has 0 bridgehead atoms. The molecule has 1 amide bonds. The van der Waals surface area contributed by atoms with E-state index in [4.69, 9.17) is 4.42 Å². The van der Waals surface area contributed by atoms with Crippen molar-refractivity contribution in [2.75, 3.05) is 0 Å². The molecule has 1 aliphatic carbocycles. The van der Waals surface area contributed by atoms with Crippen molar-refractivity contribution in [3.63, 3.8) is 0 Å². The predicted molar refractivity (Wildman–Crippen MR) is 106 cm³/mol. The van der Waals surface area contributed by atoms with Crippen LogP contribution in [0.25, 0.3) is 0 Å². The summed E-state index contributed by atoms with van der Waals surface area (Å²) >= 11 is 0. The second-order valence-electron chi connectivity index (χ2n) is 7.15. The molecule has 0 spiro atoms. The number of sulfone groups is 1. The van der Waals surface area contributed by atoms with Gasteiger partial charge in [-0.05, 0) is 42.2 Å². The van der Waals surface area contributed by atoms with Crippen LogP contribution in [0.15, 0.2) is 65.1 Å². The molecule has 1 unspecified atom stereocenters. The van der Waals surface area contributed by atoms with Crippen LogP contribution in [0.1, 0.15) is 45.5 Å². The summed E-state index contributed by atoms with van der Waals surface area (Å²) in [5.74, 6) is -1.57. The number of hydrogen-bond donors (Lipinski definition) is 1. The van der Waals surface area contributed by atoms with Gasteiger partial charge in [-0.1, -0.05) is 42.5 Å². The van der Waals surface area contributed by atoms with Crippen molar-refractivity contribution in [3.05, 3.63) is 94.7 Å². The van der Waals surface area contributed by atoms with Crippen molar-refractivity contribution in [2.45, 2.75) is 30.4 Å². The van der Waals surface area contributed by atoms with Gasteiger partial charge >= 0.3 is 0 Å². The highest BCUT2D eigenvalue weighted by Gasteiger charge is 2.25. The summed E-state index contributed by atoms with van der Waals surface area (Å²) in [6, 6.07) is 16.6. The fraction of sp³-hybridized carbons (Fsp3) is 0.227. The quantitative estimate of drug-likeness (QED) is 0.664. The zero-order valence-electron chi connectivity index (χ0n) is 15.6. The minimum absolute atomic E-state index is 0.0606. The van der Waals surface area contributed by atoms with Gasteiger partial charge in [-0.3, -0.25) is 4.79 Å². The van der Waals surface area contributed by atoms with Crippen molar-refractivity contribution < 1.29 is 22.0 Å². The van der Waals surface area contributed by atoms with Crippen molar-refractivity contribution in [1.29, 1.82) is 0 Å². The fourth-order valence-electron chi connectivity index (χ4n) is 3.63. The van der Waals surface area contributed by atoms with E-state index < -0.39 is 27.2 Å². The highest BCUT2D eigenvalue weighted by Crippen LogP contribution is 2.31. The van der Waals surface area contributed by atoms with Gasteiger partial charge in [0.2, 0.25) is 0 Å². The van der Waals surface area contributed by atoms with Gasteiger partial charge in [-0.25, -0.2) is 12.8 Å². The molecule has 150 valence electrons. The summed E-state index contributed by atoms with van der Waals surface area (Å²) in [7, 11) is -3.65. The Bertz CT molecular complexity index is 1150. The molecule has 4 rings (SSSR count). The summed E-state index contributed by atoms with van der Waals surface area (Å²) in [6.07, 6.45) is 1.72. The topological polar surface area (TPSA) is 76.4 Å². The van der Waals surface area contributed by atoms with E-state index in [0.717, 1.165) is 18.4 Å². The van der Waals surface area contributed by atoms with Crippen LogP contribution in [0.4, 0.5) is 4.39 Å². The summed E-state index contributed by atoms with van der Waals surface area (Å²) in [4.78, 5) is 12.5. The highest BCUT2D eigenvalue weighted by atomic mass is 32.2. The number of amides is 1. The van der Waals surface area contributed by atoms with E-state index in [0.29, 0.717) is 0 Å². The monoisotopic (exact) mass is 413 g/mol. The molecule has 3 aromatic rings. The molecular weight excluding hydrogens is 393 g/mol. The maximum absolute atomic E-state index is 13.7. The third-order valence-corrected chi connectivity index (χ3v) is 6.49. The highest BCUT2D eigenvalue weighted by molar-refractivity contribution is 7.89. The third kappa shape index (κ3) is 4.40. The average Bonchev–Trinajstić information content (AvgIpc) is 3.31. The van der Waals surface area contributed by atoms with Crippen LogP contribution in [0.5, 0.6) is 0 Å². The molecule has 0 fully saturated rings. The van der Waals surface area contributed by atoms with E-state index in [1.54, 1.807) is 6.07 Å². The molecule has 7 heteroatoms. The van der Waals surface area contributed by atoms with Gasteiger partial charge < -0.3 is 9.73 Å². The van der Waals surface area contributed by atoms with Gasteiger partial charge in [-0.15, -0.1) is 0 Å². The van der Waals surface area contributed by atoms with E-state index in [-0.39, 0.29) is 29.0 Å². The molecule has 0 saturated heterocycles. The van der Waals surface area contributed by atoms with E-state index in [2.05, 4.69) is 5.32 Å². The minimum Gasteiger partial charge on any atom is -0.455 e. The number of furan rings is 1. The lowest BCUT2D eigenvalue weighted by Crippen LogP contribution is -2.26. The Morgan fingerprint density at radius 3 is 2.62 bits per heavy atom. The van der Waals surface area contributed by atoms with Crippen LogP contribution < -0.4 is 5.32 Å². The van der Waals surface area contributed by atoms with Crippen molar-refractivity contribution >= 4 is 15.7 Å². The Morgan fingerprint density at radius 2 is 1.79 bits per heavy atom. The number of carbonyl (C=O) groups is 1. The van der Waals surface area contributed by atoms with E-state index in [1.807, 2.05) is 24.3 Å². The predicted octanol–water partition coefficient (Wildman–Crippen LogP) is 3.95. The second-order valence-corrected chi connectivity index (χ2v) is 9.22. The molecular formula is C22H20FNO4S. The van der Waals surface area contributed by atoms with Crippen molar-refractivity contribution in [2.24, 2.45) is 0 Å². The van der Waals surface area contributed by atoms with Gasteiger partial charge in [0.15, 0.2) is 15.6 Å². The van der Waals surface area contributed by atoms with Gasteiger partial charge in [-0.2, -0.15) is 0 Å². The largest absolute Gasteiger partial charge is 0.455 e. The lowest BCUT2D eigenvalue weighted by atomic mass is 10.1. The lowest BCUT2D eigenvalue weighted by molar-refractivity contribution is 0.0907. The van der Waals surface area contributed by atoms with Gasteiger partial charge in [0.05, 0.1) is 11.8 Å². The Hall–Kier alpha value is -2.93. The Kier molecular flexibility index (Phi) is 5.24. The Balaban J connectivity index is 1.42. The van der Waals surface area contributed by atoms with Crippen molar-refractivity contribution in [3.8, 4) is 0 Å². The van der Waals surface area contributed by atoms with E-state index in [1.165, 1.54) is 35.9 Å². The van der Waals surface area contributed by atoms with Gasteiger partial charge in [0, 0.05) is 5.56 Å². The lowest BCUT2D eigenvalue weighted by Gasteiger charge is -2.12. The zero-order chi connectivity index (χ0) is 20.4.